The van der Waals surface area contributed by atoms with E-state index in [1.165, 1.54) is 0 Å². The maximum absolute atomic E-state index is 12.2. The number of carbonyl (C=O) groups is 1. The van der Waals surface area contributed by atoms with Gasteiger partial charge in [-0.3, -0.25) is 4.79 Å². The molecule has 0 aliphatic carbocycles. The lowest BCUT2D eigenvalue weighted by Crippen LogP contribution is -2.27. The number of nitrogens with zero attached hydrogens (tertiary/aromatic N) is 3. The predicted octanol–water partition coefficient (Wildman–Crippen LogP) is 2.79. The molecule has 6 nitrogen and oxygen atoms in total. The molecule has 6 heteroatoms. The lowest BCUT2D eigenvalue weighted by atomic mass is 10.1. The van der Waals surface area contributed by atoms with Gasteiger partial charge in [-0.25, -0.2) is 9.67 Å². The fourth-order valence-electron chi connectivity index (χ4n) is 3.10. The Morgan fingerprint density at radius 1 is 1.19 bits per heavy atom. The van der Waals surface area contributed by atoms with E-state index in [4.69, 9.17) is 4.74 Å². The maximum Gasteiger partial charge on any atom is 0.224 e. The van der Waals surface area contributed by atoms with E-state index in [9.17, 15) is 4.79 Å². The number of benzene rings is 1. The Kier molecular flexibility index (Phi) is 5.86. The van der Waals surface area contributed by atoms with Crippen LogP contribution in [0.2, 0.25) is 0 Å². The van der Waals surface area contributed by atoms with Crippen LogP contribution in [-0.4, -0.2) is 34.3 Å². The first-order chi connectivity index (χ1) is 13.1. The average molecular weight is 364 g/mol. The van der Waals surface area contributed by atoms with E-state index in [-0.39, 0.29) is 5.91 Å². The molecule has 0 aliphatic heterocycles. The van der Waals surface area contributed by atoms with Crippen molar-refractivity contribution in [2.45, 2.75) is 26.7 Å². The predicted molar refractivity (Wildman–Crippen MR) is 104 cm³/mol. The number of rotatable bonds is 7. The van der Waals surface area contributed by atoms with Gasteiger partial charge in [-0.15, -0.1) is 0 Å². The van der Waals surface area contributed by atoms with E-state index < -0.39 is 0 Å². The second-order valence-corrected chi connectivity index (χ2v) is 6.38. The topological polar surface area (TPSA) is 69.0 Å². The number of methoxy groups -OCH3 is 1. The van der Waals surface area contributed by atoms with E-state index >= 15 is 0 Å². The number of ether oxygens (including phenoxy) is 1. The number of hydrogen-bond donors (Lipinski definition) is 1. The summed E-state index contributed by atoms with van der Waals surface area (Å²) in [6.45, 7) is 4.58. The van der Waals surface area contributed by atoms with Gasteiger partial charge in [0.2, 0.25) is 5.91 Å². The molecule has 0 spiro atoms. The average Bonchev–Trinajstić information content (AvgIpc) is 2.97. The lowest BCUT2D eigenvalue weighted by molar-refractivity contribution is -0.120. The first-order valence-corrected chi connectivity index (χ1v) is 8.94. The summed E-state index contributed by atoms with van der Waals surface area (Å²) in [6.07, 6.45) is 2.82. The van der Waals surface area contributed by atoms with E-state index in [2.05, 4.69) is 15.4 Å². The third-order valence-electron chi connectivity index (χ3n) is 4.50. The summed E-state index contributed by atoms with van der Waals surface area (Å²) < 4.78 is 7.04. The van der Waals surface area contributed by atoms with Crippen LogP contribution in [-0.2, 0) is 17.6 Å². The number of hydrogen-bond acceptors (Lipinski definition) is 4. The molecule has 0 aliphatic rings. The SMILES string of the molecule is COc1cccc(CC(=O)NCCc2c(C)nn(-c3ccccn3)c2C)c1. The van der Waals surface area contributed by atoms with Crippen molar-refractivity contribution >= 4 is 5.91 Å². The second kappa shape index (κ2) is 8.49. The van der Waals surface area contributed by atoms with Gasteiger partial charge in [0.15, 0.2) is 5.82 Å². The number of aryl methyl sites for hydroxylation is 1. The first-order valence-electron chi connectivity index (χ1n) is 8.94. The zero-order chi connectivity index (χ0) is 19.2. The summed E-state index contributed by atoms with van der Waals surface area (Å²) in [5, 5.41) is 7.58. The Balaban J connectivity index is 1.59. The minimum absolute atomic E-state index is 0.00400. The zero-order valence-electron chi connectivity index (χ0n) is 15.9. The fourth-order valence-corrected chi connectivity index (χ4v) is 3.10. The van der Waals surface area contributed by atoms with Gasteiger partial charge < -0.3 is 10.1 Å². The van der Waals surface area contributed by atoms with Crippen LogP contribution in [0.1, 0.15) is 22.5 Å². The Morgan fingerprint density at radius 3 is 2.78 bits per heavy atom. The number of carbonyl (C=O) groups excluding carboxylic acids is 1. The number of amides is 1. The highest BCUT2D eigenvalue weighted by molar-refractivity contribution is 5.78. The molecule has 0 radical (unpaired) electrons. The summed E-state index contributed by atoms with van der Waals surface area (Å²) in [4.78, 5) is 16.6. The van der Waals surface area contributed by atoms with Crippen molar-refractivity contribution in [2.24, 2.45) is 0 Å². The normalized spacial score (nSPS) is 10.6. The van der Waals surface area contributed by atoms with E-state index in [0.717, 1.165) is 40.5 Å². The molecule has 1 amide bonds. The molecule has 0 saturated heterocycles. The molecule has 0 atom stereocenters. The van der Waals surface area contributed by atoms with Crippen molar-refractivity contribution in [3.8, 4) is 11.6 Å². The van der Waals surface area contributed by atoms with Crippen molar-refractivity contribution in [3.63, 3.8) is 0 Å². The third kappa shape index (κ3) is 4.53. The van der Waals surface area contributed by atoms with Crippen LogP contribution in [0.4, 0.5) is 0 Å². The van der Waals surface area contributed by atoms with Gasteiger partial charge in [-0.2, -0.15) is 5.10 Å². The van der Waals surface area contributed by atoms with E-state index in [1.807, 2.05) is 61.0 Å². The van der Waals surface area contributed by atoms with Crippen LogP contribution in [0, 0.1) is 13.8 Å². The monoisotopic (exact) mass is 364 g/mol. The molecule has 2 heterocycles. The van der Waals surface area contributed by atoms with Crippen LogP contribution in [0.5, 0.6) is 5.75 Å². The van der Waals surface area contributed by atoms with Crippen LogP contribution in [0.3, 0.4) is 0 Å². The van der Waals surface area contributed by atoms with Crippen molar-refractivity contribution in [1.29, 1.82) is 0 Å². The molecular formula is C21H24N4O2. The largest absolute Gasteiger partial charge is 0.497 e. The van der Waals surface area contributed by atoms with Gasteiger partial charge in [-0.05, 0) is 55.7 Å². The summed E-state index contributed by atoms with van der Waals surface area (Å²) >= 11 is 0. The van der Waals surface area contributed by atoms with E-state index in [1.54, 1.807) is 13.3 Å². The van der Waals surface area contributed by atoms with Gasteiger partial charge in [0.1, 0.15) is 5.75 Å². The Hall–Kier alpha value is -3.15. The van der Waals surface area contributed by atoms with Gasteiger partial charge >= 0.3 is 0 Å². The maximum atomic E-state index is 12.2. The van der Waals surface area contributed by atoms with Gasteiger partial charge in [0.05, 0.1) is 19.2 Å². The summed E-state index contributed by atoms with van der Waals surface area (Å²) in [6, 6.07) is 13.3. The first kappa shape index (κ1) is 18.6. The Labute approximate surface area is 159 Å². The van der Waals surface area contributed by atoms with Gasteiger partial charge in [0.25, 0.3) is 0 Å². The zero-order valence-corrected chi connectivity index (χ0v) is 15.9. The van der Waals surface area contributed by atoms with Gasteiger partial charge in [-0.1, -0.05) is 18.2 Å². The number of nitrogens with one attached hydrogen (secondary N) is 1. The molecule has 3 rings (SSSR count). The van der Waals surface area contributed by atoms with Crippen molar-refractivity contribution < 1.29 is 9.53 Å². The van der Waals surface area contributed by atoms with Crippen molar-refractivity contribution in [3.05, 3.63) is 71.2 Å². The van der Waals surface area contributed by atoms with Crippen molar-refractivity contribution in [1.82, 2.24) is 20.1 Å². The second-order valence-electron chi connectivity index (χ2n) is 6.38. The van der Waals surface area contributed by atoms with E-state index in [0.29, 0.717) is 13.0 Å². The number of aromatic nitrogens is 3. The fraction of sp³-hybridized carbons (Fsp3) is 0.286. The molecule has 0 saturated carbocycles. The lowest BCUT2D eigenvalue weighted by Gasteiger charge is -2.07. The molecule has 140 valence electrons. The molecule has 2 aromatic heterocycles. The third-order valence-corrected chi connectivity index (χ3v) is 4.50. The van der Waals surface area contributed by atoms with Crippen LogP contribution in [0.15, 0.2) is 48.7 Å². The summed E-state index contributed by atoms with van der Waals surface area (Å²) in [7, 11) is 1.62. The minimum atomic E-state index is -0.00400. The number of pyridine rings is 1. The molecule has 0 unspecified atom stereocenters. The molecule has 1 aromatic carbocycles. The standard InChI is InChI=1S/C21H24N4O2/c1-15-19(16(2)25(24-15)20-9-4-5-11-22-20)10-12-23-21(26)14-17-7-6-8-18(13-17)27-3/h4-9,11,13H,10,12,14H2,1-3H3,(H,23,26). The highest BCUT2D eigenvalue weighted by atomic mass is 16.5. The summed E-state index contributed by atoms with van der Waals surface area (Å²) in [5.74, 6) is 1.55. The molecule has 0 fully saturated rings. The Morgan fingerprint density at radius 2 is 2.04 bits per heavy atom. The van der Waals surface area contributed by atoms with Crippen molar-refractivity contribution in [2.75, 3.05) is 13.7 Å². The minimum Gasteiger partial charge on any atom is -0.497 e. The highest BCUT2D eigenvalue weighted by Gasteiger charge is 2.13. The van der Waals surface area contributed by atoms with Crippen LogP contribution >= 0.6 is 0 Å². The molecule has 0 bridgehead atoms. The summed E-state index contributed by atoms with van der Waals surface area (Å²) in [5.41, 5.74) is 4.08. The quantitative estimate of drug-likeness (QED) is 0.700. The van der Waals surface area contributed by atoms with Gasteiger partial charge in [0, 0.05) is 18.4 Å². The molecule has 1 N–H and O–H groups in total. The molecule has 27 heavy (non-hydrogen) atoms. The highest BCUT2D eigenvalue weighted by Crippen LogP contribution is 2.17. The van der Waals surface area contributed by atoms with Crippen LogP contribution in [0.25, 0.3) is 5.82 Å². The smallest absolute Gasteiger partial charge is 0.224 e. The molecule has 3 aromatic rings. The molecular weight excluding hydrogens is 340 g/mol. The van der Waals surface area contributed by atoms with Crippen LogP contribution < -0.4 is 10.1 Å². The Bertz CT molecular complexity index is 919.